The second kappa shape index (κ2) is 6.81. The number of likely N-dealkylation sites (tertiary alicyclic amines) is 2. The molecule has 3 heterocycles. The van der Waals surface area contributed by atoms with E-state index < -0.39 is 0 Å². The maximum absolute atomic E-state index is 13.4. The summed E-state index contributed by atoms with van der Waals surface area (Å²) in [6.07, 6.45) is 2.04. The Morgan fingerprint density at radius 1 is 1.21 bits per heavy atom. The zero-order valence-corrected chi connectivity index (χ0v) is 14.1. The van der Waals surface area contributed by atoms with Crippen LogP contribution in [-0.2, 0) is 11.3 Å². The lowest BCUT2D eigenvalue weighted by atomic mass is 9.96. The lowest BCUT2D eigenvalue weighted by molar-refractivity contribution is -0.136. The van der Waals surface area contributed by atoms with Crippen molar-refractivity contribution in [1.82, 2.24) is 15.1 Å². The summed E-state index contributed by atoms with van der Waals surface area (Å²) in [7, 11) is 0. The number of nitrogens with zero attached hydrogens (tertiary/aromatic N) is 2. The molecule has 3 atom stereocenters. The molecule has 1 aromatic carbocycles. The SMILES string of the molecule is O=C(C1CCCN(Cc2cccc(F)c2)C1)N1C[C@H]2CNC[C@H]2C1. The molecule has 1 unspecified atom stereocenters. The molecule has 4 rings (SSSR count). The van der Waals surface area contributed by atoms with Crippen molar-refractivity contribution < 1.29 is 9.18 Å². The Labute approximate surface area is 143 Å². The first-order valence-electron chi connectivity index (χ1n) is 9.15. The van der Waals surface area contributed by atoms with Gasteiger partial charge in [0.25, 0.3) is 0 Å². The molecule has 0 spiro atoms. The van der Waals surface area contributed by atoms with Crippen LogP contribution in [0.3, 0.4) is 0 Å². The molecule has 4 nitrogen and oxygen atoms in total. The van der Waals surface area contributed by atoms with E-state index in [9.17, 15) is 9.18 Å². The molecule has 1 N–H and O–H groups in total. The highest BCUT2D eigenvalue weighted by Gasteiger charge is 2.40. The predicted molar refractivity (Wildman–Crippen MR) is 90.8 cm³/mol. The Bertz CT molecular complexity index is 596. The molecule has 3 aliphatic rings. The molecule has 0 aliphatic carbocycles. The van der Waals surface area contributed by atoms with E-state index >= 15 is 0 Å². The van der Waals surface area contributed by atoms with Crippen molar-refractivity contribution in [2.75, 3.05) is 39.3 Å². The van der Waals surface area contributed by atoms with E-state index in [4.69, 9.17) is 0 Å². The summed E-state index contributed by atoms with van der Waals surface area (Å²) in [5.74, 6) is 1.57. The number of rotatable bonds is 3. The van der Waals surface area contributed by atoms with Crippen molar-refractivity contribution in [3.8, 4) is 0 Å². The molecule has 1 aromatic rings. The molecule has 3 saturated heterocycles. The van der Waals surface area contributed by atoms with Crippen LogP contribution in [0.15, 0.2) is 24.3 Å². The highest BCUT2D eigenvalue weighted by atomic mass is 19.1. The van der Waals surface area contributed by atoms with Crippen molar-refractivity contribution in [3.05, 3.63) is 35.6 Å². The second-order valence-corrected chi connectivity index (χ2v) is 7.63. The van der Waals surface area contributed by atoms with Gasteiger partial charge >= 0.3 is 0 Å². The number of nitrogens with one attached hydrogen (secondary N) is 1. The quantitative estimate of drug-likeness (QED) is 0.916. The van der Waals surface area contributed by atoms with Crippen molar-refractivity contribution in [1.29, 1.82) is 0 Å². The van der Waals surface area contributed by atoms with Gasteiger partial charge in [0.1, 0.15) is 5.82 Å². The van der Waals surface area contributed by atoms with Crippen LogP contribution in [0.5, 0.6) is 0 Å². The Morgan fingerprint density at radius 2 is 2.00 bits per heavy atom. The zero-order chi connectivity index (χ0) is 16.5. The number of benzene rings is 1. The number of carbonyl (C=O) groups is 1. The van der Waals surface area contributed by atoms with Gasteiger partial charge in [0, 0.05) is 39.3 Å². The second-order valence-electron chi connectivity index (χ2n) is 7.63. The molecule has 3 aliphatic heterocycles. The molecule has 24 heavy (non-hydrogen) atoms. The molecule has 0 aromatic heterocycles. The van der Waals surface area contributed by atoms with E-state index in [1.165, 1.54) is 6.07 Å². The molecule has 130 valence electrons. The first-order valence-corrected chi connectivity index (χ1v) is 9.15. The lowest BCUT2D eigenvalue weighted by Gasteiger charge is -2.34. The highest BCUT2D eigenvalue weighted by molar-refractivity contribution is 5.79. The number of carbonyl (C=O) groups excluding carboxylic acids is 1. The number of hydrogen-bond donors (Lipinski definition) is 1. The lowest BCUT2D eigenvalue weighted by Crippen LogP contribution is -2.44. The maximum atomic E-state index is 13.4. The van der Waals surface area contributed by atoms with Crippen LogP contribution in [0.4, 0.5) is 4.39 Å². The molecule has 0 radical (unpaired) electrons. The van der Waals surface area contributed by atoms with Crippen molar-refractivity contribution in [3.63, 3.8) is 0 Å². The van der Waals surface area contributed by atoms with Gasteiger partial charge in [-0.15, -0.1) is 0 Å². The van der Waals surface area contributed by atoms with Crippen LogP contribution < -0.4 is 5.32 Å². The molecule has 5 heteroatoms. The third-order valence-electron chi connectivity index (χ3n) is 5.85. The third-order valence-corrected chi connectivity index (χ3v) is 5.85. The first kappa shape index (κ1) is 16.0. The zero-order valence-electron chi connectivity index (χ0n) is 14.1. The van der Waals surface area contributed by atoms with Gasteiger partial charge in [-0.1, -0.05) is 12.1 Å². The number of amides is 1. The van der Waals surface area contributed by atoms with Gasteiger partial charge in [-0.05, 0) is 48.9 Å². The fourth-order valence-electron chi connectivity index (χ4n) is 4.59. The summed E-state index contributed by atoms with van der Waals surface area (Å²) in [5.41, 5.74) is 0.991. The fourth-order valence-corrected chi connectivity index (χ4v) is 4.59. The predicted octanol–water partition coefficient (Wildman–Crippen LogP) is 1.72. The average Bonchev–Trinajstić information content (AvgIpc) is 3.16. The van der Waals surface area contributed by atoms with E-state index in [2.05, 4.69) is 15.1 Å². The van der Waals surface area contributed by atoms with Gasteiger partial charge in [0.05, 0.1) is 5.92 Å². The normalized spacial score (nSPS) is 30.5. The number of halogens is 1. The summed E-state index contributed by atoms with van der Waals surface area (Å²) < 4.78 is 13.4. The largest absolute Gasteiger partial charge is 0.342 e. The first-order chi connectivity index (χ1) is 11.7. The molecule has 0 bridgehead atoms. The minimum absolute atomic E-state index is 0.110. The van der Waals surface area contributed by atoms with Crippen molar-refractivity contribution >= 4 is 5.91 Å². The number of piperidine rings is 1. The van der Waals surface area contributed by atoms with E-state index in [0.29, 0.717) is 17.7 Å². The monoisotopic (exact) mass is 331 g/mol. The van der Waals surface area contributed by atoms with Crippen LogP contribution in [0.1, 0.15) is 18.4 Å². The summed E-state index contributed by atoms with van der Waals surface area (Å²) in [4.78, 5) is 17.3. The summed E-state index contributed by atoms with van der Waals surface area (Å²) in [6, 6.07) is 6.79. The maximum Gasteiger partial charge on any atom is 0.226 e. The fraction of sp³-hybridized carbons (Fsp3) is 0.632. The number of hydrogen-bond acceptors (Lipinski definition) is 3. The van der Waals surface area contributed by atoms with Crippen LogP contribution in [0.2, 0.25) is 0 Å². The minimum atomic E-state index is -0.186. The van der Waals surface area contributed by atoms with E-state index in [1.54, 1.807) is 12.1 Å². The van der Waals surface area contributed by atoms with E-state index in [-0.39, 0.29) is 11.7 Å². The van der Waals surface area contributed by atoms with Gasteiger partial charge in [0.2, 0.25) is 5.91 Å². The average molecular weight is 331 g/mol. The van der Waals surface area contributed by atoms with Gasteiger partial charge < -0.3 is 10.2 Å². The molecule has 3 fully saturated rings. The molecular weight excluding hydrogens is 305 g/mol. The van der Waals surface area contributed by atoms with Crippen LogP contribution >= 0.6 is 0 Å². The van der Waals surface area contributed by atoms with E-state index in [1.807, 2.05) is 6.07 Å². The van der Waals surface area contributed by atoms with Gasteiger partial charge in [-0.2, -0.15) is 0 Å². The van der Waals surface area contributed by atoms with Gasteiger partial charge in [-0.25, -0.2) is 4.39 Å². The van der Waals surface area contributed by atoms with Crippen LogP contribution in [0, 0.1) is 23.6 Å². The summed E-state index contributed by atoms with van der Waals surface area (Å²) in [6.45, 7) is 6.51. The molecule has 1 amide bonds. The summed E-state index contributed by atoms with van der Waals surface area (Å²) >= 11 is 0. The minimum Gasteiger partial charge on any atom is -0.342 e. The number of fused-ring (bicyclic) bond motifs is 1. The highest BCUT2D eigenvalue weighted by Crippen LogP contribution is 2.29. The Kier molecular flexibility index (Phi) is 4.55. The van der Waals surface area contributed by atoms with E-state index in [0.717, 1.165) is 64.2 Å². The summed E-state index contributed by atoms with van der Waals surface area (Å²) in [5, 5.41) is 3.43. The van der Waals surface area contributed by atoms with Crippen molar-refractivity contribution in [2.45, 2.75) is 19.4 Å². The Balaban J connectivity index is 1.35. The topological polar surface area (TPSA) is 35.6 Å². The molecule has 0 saturated carbocycles. The molecular formula is C19H26FN3O. The Morgan fingerprint density at radius 3 is 2.75 bits per heavy atom. The smallest absolute Gasteiger partial charge is 0.226 e. The van der Waals surface area contributed by atoms with Crippen LogP contribution in [0.25, 0.3) is 0 Å². The van der Waals surface area contributed by atoms with Crippen LogP contribution in [-0.4, -0.2) is 55.0 Å². The third kappa shape index (κ3) is 3.33. The van der Waals surface area contributed by atoms with Crippen molar-refractivity contribution in [2.24, 2.45) is 17.8 Å². The standard InChI is InChI=1S/C19H26FN3O/c20-18-5-1-3-14(7-18)10-22-6-2-4-15(11-22)19(24)23-12-16-8-21-9-17(16)13-23/h1,3,5,7,15-17,21H,2,4,6,8-13H2/t15?,16-,17+. The van der Waals surface area contributed by atoms with Gasteiger partial charge in [0.15, 0.2) is 0 Å². The van der Waals surface area contributed by atoms with Gasteiger partial charge in [-0.3, -0.25) is 9.69 Å². The Hall–Kier alpha value is -1.46.